The van der Waals surface area contributed by atoms with Gasteiger partial charge in [0.2, 0.25) is 5.88 Å². The number of aromatic nitrogens is 2. The predicted octanol–water partition coefficient (Wildman–Crippen LogP) is -0.324. The highest BCUT2D eigenvalue weighted by molar-refractivity contribution is 7.90. The van der Waals surface area contributed by atoms with Crippen molar-refractivity contribution < 1.29 is 13.2 Å². The second-order valence-corrected chi connectivity index (χ2v) is 6.13. The van der Waals surface area contributed by atoms with Gasteiger partial charge in [0.15, 0.2) is 9.84 Å². The second-order valence-electron chi connectivity index (χ2n) is 3.95. The fraction of sp³-hybridized carbons (Fsp3) is 0.600. The van der Waals surface area contributed by atoms with Gasteiger partial charge in [-0.25, -0.2) is 13.4 Å². The van der Waals surface area contributed by atoms with E-state index < -0.39 is 9.84 Å². The SMILES string of the molecule is CNCc1nc2c(c(OC)n1)CS(=O)(=O)CC2. The zero-order valence-electron chi connectivity index (χ0n) is 9.86. The van der Waals surface area contributed by atoms with Crippen LogP contribution in [0.4, 0.5) is 0 Å². The van der Waals surface area contributed by atoms with Crippen LogP contribution in [-0.4, -0.2) is 38.3 Å². The smallest absolute Gasteiger partial charge is 0.220 e. The molecule has 0 atom stereocenters. The minimum atomic E-state index is -3.03. The maximum Gasteiger partial charge on any atom is 0.220 e. The zero-order valence-corrected chi connectivity index (χ0v) is 10.7. The van der Waals surface area contributed by atoms with Crippen molar-refractivity contribution in [1.82, 2.24) is 15.3 Å². The van der Waals surface area contributed by atoms with Gasteiger partial charge < -0.3 is 10.1 Å². The first-order valence-corrected chi connectivity index (χ1v) is 7.15. The number of aryl methyl sites for hydroxylation is 1. The van der Waals surface area contributed by atoms with Crippen LogP contribution in [-0.2, 0) is 28.6 Å². The standard InChI is InChI=1S/C10H15N3O3S/c1-11-5-9-12-8-3-4-17(14,15)6-7(8)10(13-9)16-2/h11H,3-6H2,1-2H3. The van der Waals surface area contributed by atoms with Gasteiger partial charge >= 0.3 is 0 Å². The molecule has 0 amide bonds. The van der Waals surface area contributed by atoms with Crippen LogP contribution in [0.2, 0.25) is 0 Å². The van der Waals surface area contributed by atoms with E-state index in [1.54, 1.807) is 7.05 Å². The van der Waals surface area contributed by atoms with Gasteiger partial charge in [0.1, 0.15) is 5.82 Å². The Kier molecular flexibility index (Phi) is 3.30. The fourth-order valence-corrected chi connectivity index (χ4v) is 3.24. The summed E-state index contributed by atoms with van der Waals surface area (Å²) < 4.78 is 28.3. The number of sulfone groups is 1. The number of hydrogen-bond donors (Lipinski definition) is 1. The van der Waals surface area contributed by atoms with Crippen molar-refractivity contribution in [2.24, 2.45) is 0 Å². The molecule has 0 saturated carbocycles. The molecule has 7 heteroatoms. The maximum absolute atomic E-state index is 11.6. The largest absolute Gasteiger partial charge is 0.481 e. The summed E-state index contributed by atoms with van der Waals surface area (Å²) in [6.45, 7) is 0.538. The van der Waals surface area contributed by atoms with Crippen LogP contribution in [0.1, 0.15) is 17.1 Å². The molecule has 1 aromatic rings. The molecule has 0 bridgehead atoms. The lowest BCUT2D eigenvalue weighted by Crippen LogP contribution is -2.23. The number of rotatable bonds is 3. The molecule has 0 saturated heterocycles. The average molecular weight is 257 g/mol. The number of nitrogens with zero attached hydrogens (tertiary/aromatic N) is 2. The van der Waals surface area contributed by atoms with Crippen LogP contribution >= 0.6 is 0 Å². The van der Waals surface area contributed by atoms with Crippen molar-refractivity contribution in [2.45, 2.75) is 18.7 Å². The van der Waals surface area contributed by atoms with Gasteiger partial charge in [0.25, 0.3) is 0 Å². The van der Waals surface area contributed by atoms with Crippen LogP contribution in [0.15, 0.2) is 0 Å². The van der Waals surface area contributed by atoms with Gasteiger partial charge in [-0.05, 0) is 7.05 Å². The lowest BCUT2D eigenvalue weighted by atomic mass is 10.2. The highest BCUT2D eigenvalue weighted by Gasteiger charge is 2.26. The minimum absolute atomic E-state index is 0.0225. The van der Waals surface area contributed by atoms with Gasteiger partial charge in [-0.15, -0.1) is 0 Å². The van der Waals surface area contributed by atoms with Crippen molar-refractivity contribution in [3.63, 3.8) is 0 Å². The summed E-state index contributed by atoms with van der Waals surface area (Å²) in [5.74, 6) is 1.13. The molecule has 0 aliphatic carbocycles. The molecular formula is C10H15N3O3S. The Bertz CT molecular complexity index is 511. The number of nitrogens with one attached hydrogen (secondary N) is 1. The molecule has 1 aromatic heterocycles. The maximum atomic E-state index is 11.6. The Hall–Kier alpha value is -1.21. The van der Waals surface area contributed by atoms with Crippen LogP contribution in [0.3, 0.4) is 0 Å². The van der Waals surface area contributed by atoms with Gasteiger partial charge in [-0.3, -0.25) is 0 Å². The number of hydrogen-bond acceptors (Lipinski definition) is 6. The summed E-state index contributed by atoms with van der Waals surface area (Å²) in [6, 6.07) is 0. The molecule has 6 nitrogen and oxygen atoms in total. The quantitative estimate of drug-likeness (QED) is 0.799. The van der Waals surface area contributed by atoms with Crippen LogP contribution in [0.5, 0.6) is 5.88 Å². The van der Waals surface area contributed by atoms with E-state index >= 15 is 0 Å². The lowest BCUT2D eigenvalue weighted by Gasteiger charge is -2.18. The van der Waals surface area contributed by atoms with E-state index in [0.29, 0.717) is 30.2 Å². The molecule has 0 spiro atoms. The fourth-order valence-electron chi connectivity index (χ4n) is 1.86. The molecule has 1 N–H and O–H groups in total. The first kappa shape index (κ1) is 12.3. The van der Waals surface area contributed by atoms with Crippen LogP contribution in [0.25, 0.3) is 0 Å². The highest BCUT2D eigenvalue weighted by atomic mass is 32.2. The van der Waals surface area contributed by atoms with Gasteiger partial charge in [0.05, 0.1) is 36.4 Å². The Morgan fingerprint density at radius 2 is 2.18 bits per heavy atom. The molecule has 17 heavy (non-hydrogen) atoms. The molecule has 2 rings (SSSR count). The molecule has 1 aliphatic rings. The van der Waals surface area contributed by atoms with E-state index in [0.717, 1.165) is 5.69 Å². The summed E-state index contributed by atoms with van der Waals surface area (Å²) in [4.78, 5) is 8.56. The zero-order chi connectivity index (χ0) is 12.5. The van der Waals surface area contributed by atoms with E-state index in [9.17, 15) is 8.42 Å². The third kappa shape index (κ3) is 2.55. The summed E-state index contributed by atoms with van der Waals surface area (Å²) in [7, 11) is 0.269. The Balaban J connectivity index is 2.47. The number of fused-ring (bicyclic) bond motifs is 1. The Labute approximate surface area is 100 Å². The van der Waals surface area contributed by atoms with E-state index in [4.69, 9.17) is 4.74 Å². The van der Waals surface area contributed by atoms with Gasteiger partial charge in [0, 0.05) is 6.42 Å². The van der Waals surface area contributed by atoms with Crippen molar-refractivity contribution in [3.8, 4) is 5.88 Å². The number of ether oxygens (including phenoxy) is 1. The summed E-state index contributed by atoms with van der Waals surface area (Å²) in [5, 5.41) is 2.96. The highest BCUT2D eigenvalue weighted by Crippen LogP contribution is 2.26. The van der Waals surface area contributed by atoms with E-state index in [-0.39, 0.29) is 11.5 Å². The third-order valence-corrected chi connectivity index (χ3v) is 4.20. The van der Waals surface area contributed by atoms with Crippen LogP contribution < -0.4 is 10.1 Å². The molecule has 0 radical (unpaired) electrons. The topological polar surface area (TPSA) is 81.2 Å². The Morgan fingerprint density at radius 3 is 2.82 bits per heavy atom. The van der Waals surface area contributed by atoms with Crippen molar-refractivity contribution in [3.05, 3.63) is 17.1 Å². The molecular weight excluding hydrogens is 242 g/mol. The minimum Gasteiger partial charge on any atom is -0.481 e. The summed E-state index contributed by atoms with van der Waals surface area (Å²) in [6.07, 6.45) is 0.438. The first-order chi connectivity index (χ1) is 8.05. The van der Waals surface area contributed by atoms with E-state index in [2.05, 4.69) is 15.3 Å². The summed E-state index contributed by atoms with van der Waals surface area (Å²) in [5.41, 5.74) is 1.40. The second kappa shape index (κ2) is 4.58. The van der Waals surface area contributed by atoms with E-state index in [1.165, 1.54) is 7.11 Å². The normalized spacial score (nSPS) is 17.5. The first-order valence-electron chi connectivity index (χ1n) is 5.33. The molecule has 2 heterocycles. The molecule has 0 unspecified atom stereocenters. The molecule has 0 fully saturated rings. The lowest BCUT2D eigenvalue weighted by molar-refractivity contribution is 0.388. The van der Waals surface area contributed by atoms with Crippen molar-refractivity contribution in [2.75, 3.05) is 19.9 Å². The molecule has 94 valence electrons. The van der Waals surface area contributed by atoms with Crippen molar-refractivity contribution in [1.29, 1.82) is 0 Å². The average Bonchev–Trinajstić information content (AvgIpc) is 2.28. The van der Waals surface area contributed by atoms with Crippen molar-refractivity contribution >= 4 is 9.84 Å². The van der Waals surface area contributed by atoms with Gasteiger partial charge in [-0.1, -0.05) is 0 Å². The monoisotopic (exact) mass is 257 g/mol. The summed E-state index contributed by atoms with van der Waals surface area (Å²) >= 11 is 0. The molecule has 0 aromatic carbocycles. The van der Waals surface area contributed by atoms with E-state index in [1.807, 2.05) is 0 Å². The van der Waals surface area contributed by atoms with Crippen LogP contribution in [0, 0.1) is 0 Å². The number of methoxy groups -OCH3 is 1. The van der Waals surface area contributed by atoms with Gasteiger partial charge in [-0.2, -0.15) is 4.98 Å². The third-order valence-electron chi connectivity index (χ3n) is 2.64. The Morgan fingerprint density at radius 1 is 1.41 bits per heavy atom. The predicted molar refractivity (Wildman–Crippen MR) is 62.5 cm³/mol. The molecule has 1 aliphatic heterocycles.